The van der Waals surface area contributed by atoms with Gasteiger partial charge in [-0.1, -0.05) is 18.2 Å². The summed E-state index contributed by atoms with van der Waals surface area (Å²) in [5.41, 5.74) is 1.64. The topological polar surface area (TPSA) is 58.9 Å². The van der Waals surface area contributed by atoms with Crippen LogP contribution in [0.25, 0.3) is 0 Å². The molecule has 0 aromatic heterocycles. The summed E-state index contributed by atoms with van der Waals surface area (Å²) in [6.07, 6.45) is 0. The van der Waals surface area contributed by atoms with E-state index in [4.69, 9.17) is 9.47 Å². The molecule has 2 aromatic carbocycles. The number of rotatable bonds is 7. The fourth-order valence-corrected chi connectivity index (χ4v) is 2.15. The van der Waals surface area contributed by atoms with Crippen molar-refractivity contribution >= 4 is 0 Å². The Balaban J connectivity index is 1.98. The van der Waals surface area contributed by atoms with Crippen molar-refractivity contribution in [3.05, 3.63) is 58.9 Å². The lowest BCUT2D eigenvalue weighted by atomic mass is 10.1. The van der Waals surface area contributed by atoms with Crippen LogP contribution in [0.2, 0.25) is 0 Å². The molecular formula is C17H19FO4. The summed E-state index contributed by atoms with van der Waals surface area (Å²) in [6, 6.07) is 10.0. The van der Waals surface area contributed by atoms with Crippen LogP contribution in [-0.4, -0.2) is 23.4 Å². The van der Waals surface area contributed by atoms with Crippen LogP contribution in [0.5, 0.6) is 11.5 Å². The van der Waals surface area contributed by atoms with E-state index in [1.54, 1.807) is 0 Å². The van der Waals surface area contributed by atoms with Gasteiger partial charge in [0.15, 0.2) is 0 Å². The van der Waals surface area contributed by atoms with E-state index in [2.05, 4.69) is 0 Å². The van der Waals surface area contributed by atoms with E-state index in [1.807, 2.05) is 31.2 Å². The second kappa shape index (κ2) is 7.77. The minimum atomic E-state index is -0.517. The summed E-state index contributed by atoms with van der Waals surface area (Å²) in [5, 5.41) is 18.5. The Morgan fingerprint density at radius 2 is 1.55 bits per heavy atom. The van der Waals surface area contributed by atoms with Crippen LogP contribution in [0.1, 0.15) is 16.7 Å². The first-order chi connectivity index (χ1) is 10.7. The van der Waals surface area contributed by atoms with Gasteiger partial charge in [-0.25, -0.2) is 4.39 Å². The quantitative estimate of drug-likeness (QED) is 0.772. The third-order valence-corrected chi connectivity index (χ3v) is 3.23. The number of ether oxygens (including phenoxy) is 2. The number of hydrogen-bond donors (Lipinski definition) is 2. The number of para-hydroxylation sites is 1. The smallest absolute Gasteiger partial charge is 0.130 e. The molecule has 22 heavy (non-hydrogen) atoms. The molecule has 0 fully saturated rings. The Bertz CT molecular complexity index is 603. The van der Waals surface area contributed by atoms with E-state index >= 15 is 0 Å². The van der Waals surface area contributed by atoms with Crippen LogP contribution >= 0.6 is 0 Å². The van der Waals surface area contributed by atoms with Gasteiger partial charge in [-0.15, -0.1) is 0 Å². The van der Waals surface area contributed by atoms with Crippen molar-refractivity contribution in [3.63, 3.8) is 0 Å². The van der Waals surface area contributed by atoms with Gasteiger partial charge in [-0.3, -0.25) is 0 Å². The number of hydrogen-bond acceptors (Lipinski definition) is 4. The minimum Gasteiger partial charge on any atom is -0.490 e. The number of aliphatic hydroxyl groups is 2. The average molecular weight is 306 g/mol. The Morgan fingerprint density at radius 1 is 0.955 bits per heavy atom. The fraction of sp³-hybridized carbons (Fsp3) is 0.294. The molecule has 0 atom stereocenters. The maximum atomic E-state index is 13.3. The molecule has 0 spiro atoms. The zero-order valence-corrected chi connectivity index (χ0v) is 12.4. The van der Waals surface area contributed by atoms with Crippen LogP contribution < -0.4 is 9.47 Å². The molecule has 0 aliphatic carbocycles. The zero-order valence-electron chi connectivity index (χ0n) is 12.4. The normalized spacial score (nSPS) is 10.5. The number of halogens is 1. The lowest BCUT2D eigenvalue weighted by Gasteiger charge is -2.15. The van der Waals surface area contributed by atoms with E-state index in [-0.39, 0.29) is 19.8 Å². The summed E-state index contributed by atoms with van der Waals surface area (Å²) in [6.45, 7) is 1.75. The van der Waals surface area contributed by atoms with Gasteiger partial charge in [0.1, 0.15) is 30.5 Å². The zero-order chi connectivity index (χ0) is 15.9. The molecule has 0 saturated carbocycles. The Morgan fingerprint density at radius 3 is 2.14 bits per heavy atom. The van der Waals surface area contributed by atoms with Crippen molar-refractivity contribution in [2.45, 2.75) is 20.1 Å². The van der Waals surface area contributed by atoms with E-state index in [9.17, 15) is 14.6 Å². The molecule has 5 heteroatoms. The molecule has 0 saturated heterocycles. The maximum Gasteiger partial charge on any atom is 0.130 e. The molecule has 2 N–H and O–H groups in total. The number of aliphatic hydroxyl groups excluding tert-OH is 2. The van der Waals surface area contributed by atoms with Gasteiger partial charge >= 0.3 is 0 Å². The Hall–Kier alpha value is -2.11. The second-order valence-electron chi connectivity index (χ2n) is 4.83. The lowest BCUT2D eigenvalue weighted by Crippen LogP contribution is -2.12. The van der Waals surface area contributed by atoms with Crippen molar-refractivity contribution < 1.29 is 24.1 Å². The average Bonchev–Trinajstić information content (AvgIpc) is 2.53. The predicted octanol–water partition coefficient (Wildman–Crippen LogP) is 2.58. The summed E-state index contributed by atoms with van der Waals surface area (Å²) >= 11 is 0. The van der Waals surface area contributed by atoms with Gasteiger partial charge in [0, 0.05) is 11.1 Å². The highest BCUT2D eigenvalue weighted by Crippen LogP contribution is 2.26. The molecule has 0 radical (unpaired) electrons. The van der Waals surface area contributed by atoms with Crippen LogP contribution in [0.15, 0.2) is 36.4 Å². The molecule has 0 bridgehead atoms. The monoisotopic (exact) mass is 306 g/mol. The van der Waals surface area contributed by atoms with E-state index in [0.717, 1.165) is 11.3 Å². The predicted molar refractivity (Wildman–Crippen MR) is 80.4 cm³/mol. The van der Waals surface area contributed by atoms with Crippen molar-refractivity contribution in [1.82, 2.24) is 0 Å². The number of benzene rings is 2. The van der Waals surface area contributed by atoms with Gasteiger partial charge < -0.3 is 19.7 Å². The summed E-state index contributed by atoms with van der Waals surface area (Å²) in [5.74, 6) is 0.561. The third-order valence-electron chi connectivity index (χ3n) is 3.23. The largest absolute Gasteiger partial charge is 0.490 e. The van der Waals surface area contributed by atoms with Crippen LogP contribution in [0, 0.1) is 12.7 Å². The fourth-order valence-electron chi connectivity index (χ4n) is 2.15. The van der Waals surface area contributed by atoms with Crippen molar-refractivity contribution in [2.24, 2.45) is 0 Å². The lowest BCUT2D eigenvalue weighted by molar-refractivity contribution is 0.201. The standard InChI is InChI=1S/C17H19FO4/c1-12-4-2-3-5-16(12)21-6-7-22-17-13(10-19)8-15(18)9-14(17)11-20/h2-5,8-9,19-20H,6-7,10-11H2,1H3. The highest BCUT2D eigenvalue weighted by molar-refractivity contribution is 5.41. The van der Waals surface area contributed by atoms with Gasteiger partial charge in [-0.05, 0) is 30.7 Å². The van der Waals surface area contributed by atoms with Crippen molar-refractivity contribution in [1.29, 1.82) is 0 Å². The van der Waals surface area contributed by atoms with E-state index in [0.29, 0.717) is 23.5 Å². The van der Waals surface area contributed by atoms with Gasteiger partial charge in [0.05, 0.1) is 13.2 Å². The first-order valence-electron chi connectivity index (χ1n) is 7.00. The SMILES string of the molecule is Cc1ccccc1OCCOc1c(CO)cc(F)cc1CO. The highest BCUT2D eigenvalue weighted by atomic mass is 19.1. The summed E-state index contributed by atoms with van der Waals surface area (Å²) in [7, 11) is 0. The summed E-state index contributed by atoms with van der Waals surface area (Å²) < 4.78 is 24.5. The van der Waals surface area contributed by atoms with Gasteiger partial charge in [0.2, 0.25) is 0 Å². The van der Waals surface area contributed by atoms with E-state index < -0.39 is 5.82 Å². The molecule has 2 rings (SSSR count). The Kier molecular flexibility index (Phi) is 5.75. The summed E-state index contributed by atoms with van der Waals surface area (Å²) in [4.78, 5) is 0. The van der Waals surface area contributed by atoms with E-state index in [1.165, 1.54) is 12.1 Å². The second-order valence-corrected chi connectivity index (χ2v) is 4.83. The minimum absolute atomic E-state index is 0.222. The molecular weight excluding hydrogens is 287 g/mol. The Labute approximate surface area is 128 Å². The van der Waals surface area contributed by atoms with Crippen LogP contribution in [0.4, 0.5) is 4.39 Å². The molecule has 0 aliphatic heterocycles. The molecule has 118 valence electrons. The number of aryl methyl sites for hydroxylation is 1. The van der Waals surface area contributed by atoms with Crippen molar-refractivity contribution in [3.8, 4) is 11.5 Å². The van der Waals surface area contributed by atoms with Gasteiger partial charge in [0.25, 0.3) is 0 Å². The van der Waals surface area contributed by atoms with Crippen molar-refractivity contribution in [2.75, 3.05) is 13.2 Å². The third kappa shape index (κ3) is 3.96. The molecule has 0 amide bonds. The highest BCUT2D eigenvalue weighted by Gasteiger charge is 2.12. The maximum absolute atomic E-state index is 13.3. The first-order valence-corrected chi connectivity index (χ1v) is 7.00. The molecule has 0 heterocycles. The molecule has 0 aliphatic rings. The van der Waals surface area contributed by atoms with Gasteiger partial charge in [-0.2, -0.15) is 0 Å². The first kappa shape index (κ1) is 16.3. The van der Waals surface area contributed by atoms with Crippen LogP contribution in [-0.2, 0) is 13.2 Å². The molecule has 4 nitrogen and oxygen atoms in total. The molecule has 2 aromatic rings. The molecule has 0 unspecified atom stereocenters. The van der Waals surface area contributed by atoms with Crippen LogP contribution in [0.3, 0.4) is 0 Å².